The van der Waals surface area contributed by atoms with Crippen LogP contribution in [0.1, 0.15) is 5.56 Å². The Morgan fingerprint density at radius 2 is 1.88 bits per heavy atom. The molecule has 4 nitrogen and oxygen atoms in total. The number of hydrogen-bond acceptors (Lipinski definition) is 5. The normalized spacial score (nSPS) is 10.9. The lowest BCUT2D eigenvalue weighted by atomic mass is 10.1. The molecule has 0 saturated carbocycles. The third-order valence-corrected chi connectivity index (χ3v) is 5.03. The quantitative estimate of drug-likeness (QED) is 0.526. The lowest BCUT2D eigenvalue weighted by Gasteiger charge is -2.10. The van der Waals surface area contributed by atoms with Crippen molar-refractivity contribution in [3.8, 4) is 16.9 Å². The SMILES string of the molecule is O=c1c(-c2ccccc2)c(SCc2cccnc2)oc2cc(O)ccc12. The molecule has 1 N–H and O–H groups in total. The van der Waals surface area contributed by atoms with Crippen molar-refractivity contribution in [3.05, 3.63) is 88.8 Å². The minimum atomic E-state index is -0.105. The Kier molecular flexibility index (Phi) is 4.46. The lowest BCUT2D eigenvalue weighted by Crippen LogP contribution is -2.07. The molecule has 2 aromatic heterocycles. The number of phenolic OH excluding ortho intramolecular Hbond substituents is 1. The fourth-order valence-corrected chi connectivity index (χ4v) is 3.72. The highest BCUT2D eigenvalue weighted by Gasteiger charge is 2.17. The van der Waals surface area contributed by atoms with Gasteiger partial charge in [-0.3, -0.25) is 9.78 Å². The first-order valence-corrected chi connectivity index (χ1v) is 9.08. The van der Waals surface area contributed by atoms with E-state index in [0.29, 0.717) is 27.4 Å². The minimum Gasteiger partial charge on any atom is -0.508 e. The molecule has 0 radical (unpaired) electrons. The summed E-state index contributed by atoms with van der Waals surface area (Å²) in [5, 5.41) is 10.7. The van der Waals surface area contributed by atoms with Gasteiger partial charge in [-0.25, -0.2) is 0 Å². The van der Waals surface area contributed by atoms with E-state index in [1.165, 1.54) is 23.9 Å². The van der Waals surface area contributed by atoms with Crippen molar-refractivity contribution in [2.45, 2.75) is 10.8 Å². The molecule has 0 aliphatic heterocycles. The molecule has 4 rings (SSSR count). The fraction of sp³-hybridized carbons (Fsp3) is 0.0476. The summed E-state index contributed by atoms with van der Waals surface area (Å²) in [6.07, 6.45) is 3.52. The molecular weight excluding hydrogens is 346 g/mol. The molecule has 128 valence electrons. The molecule has 2 heterocycles. The zero-order valence-corrected chi connectivity index (χ0v) is 14.6. The average molecular weight is 361 g/mol. The number of hydrogen-bond donors (Lipinski definition) is 1. The first-order chi connectivity index (χ1) is 12.7. The number of aromatic nitrogens is 1. The van der Waals surface area contributed by atoms with Crippen LogP contribution < -0.4 is 5.43 Å². The first kappa shape index (κ1) is 16.4. The van der Waals surface area contributed by atoms with Crippen LogP contribution in [0.15, 0.2) is 87.4 Å². The maximum atomic E-state index is 13.1. The smallest absolute Gasteiger partial charge is 0.201 e. The van der Waals surface area contributed by atoms with Gasteiger partial charge in [0.2, 0.25) is 5.43 Å². The van der Waals surface area contributed by atoms with Crippen LogP contribution in [-0.4, -0.2) is 10.1 Å². The fourth-order valence-electron chi connectivity index (χ4n) is 2.75. The number of nitrogens with zero attached hydrogens (tertiary/aromatic N) is 1. The van der Waals surface area contributed by atoms with Crippen molar-refractivity contribution < 1.29 is 9.52 Å². The second kappa shape index (κ2) is 7.06. The van der Waals surface area contributed by atoms with Gasteiger partial charge in [0.25, 0.3) is 0 Å². The maximum absolute atomic E-state index is 13.1. The van der Waals surface area contributed by atoms with Crippen LogP contribution >= 0.6 is 11.8 Å². The molecule has 26 heavy (non-hydrogen) atoms. The number of fused-ring (bicyclic) bond motifs is 1. The van der Waals surface area contributed by atoms with Crippen LogP contribution in [0.25, 0.3) is 22.1 Å². The number of rotatable bonds is 4. The van der Waals surface area contributed by atoms with Crippen LogP contribution in [-0.2, 0) is 5.75 Å². The Labute approximate surface area is 154 Å². The number of thioether (sulfide) groups is 1. The van der Waals surface area contributed by atoms with Gasteiger partial charge in [-0.2, -0.15) is 0 Å². The Balaban J connectivity index is 1.87. The summed E-state index contributed by atoms with van der Waals surface area (Å²) < 4.78 is 6.01. The van der Waals surface area contributed by atoms with Crippen molar-refractivity contribution in [2.75, 3.05) is 0 Å². The molecule has 0 fully saturated rings. The van der Waals surface area contributed by atoms with Crippen molar-refractivity contribution in [2.24, 2.45) is 0 Å². The second-order valence-electron chi connectivity index (χ2n) is 5.79. The van der Waals surface area contributed by atoms with Crippen molar-refractivity contribution >= 4 is 22.7 Å². The van der Waals surface area contributed by atoms with Gasteiger partial charge < -0.3 is 9.52 Å². The molecular formula is C21H15NO3S. The summed E-state index contributed by atoms with van der Waals surface area (Å²) >= 11 is 1.44. The summed E-state index contributed by atoms with van der Waals surface area (Å²) in [5.41, 5.74) is 2.66. The van der Waals surface area contributed by atoms with E-state index in [-0.39, 0.29) is 11.2 Å². The molecule has 0 atom stereocenters. The van der Waals surface area contributed by atoms with Gasteiger partial charge in [-0.15, -0.1) is 0 Å². The summed E-state index contributed by atoms with van der Waals surface area (Å²) in [5.74, 6) is 0.692. The Morgan fingerprint density at radius 3 is 2.65 bits per heavy atom. The molecule has 4 aromatic rings. The topological polar surface area (TPSA) is 63.3 Å². The summed E-state index contributed by atoms with van der Waals surface area (Å²) in [4.78, 5) is 17.2. The average Bonchev–Trinajstić information content (AvgIpc) is 2.67. The number of aromatic hydroxyl groups is 1. The highest BCUT2D eigenvalue weighted by Crippen LogP contribution is 2.34. The highest BCUT2D eigenvalue weighted by molar-refractivity contribution is 7.98. The van der Waals surface area contributed by atoms with Crippen LogP contribution in [0, 0.1) is 0 Å². The molecule has 0 spiro atoms. The lowest BCUT2D eigenvalue weighted by molar-refractivity contribution is 0.468. The first-order valence-electron chi connectivity index (χ1n) is 8.09. The predicted molar refractivity (Wildman–Crippen MR) is 103 cm³/mol. The molecule has 0 unspecified atom stereocenters. The van der Waals surface area contributed by atoms with Crippen LogP contribution in [0.4, 0.5) is 0 Å². The number of phenols is 1. The van der Waals surface area contributed by atoms with Gasteiger partial charge in [0, 0.05) is 24.2 Å². The highest BCUT2D eigenvalue weighted by atomic mass is 32.2. The monoisotopic (exact) mass is 361 g/mol. The van der Waals surface area contributed by atoms with Gasteiger partial charge in [0.1, 0.15) is 11.3 Å². The van der Waals surface area contributed by atoms with Gasteiger partial charge in [0.05, 0.1) is 10.9 Å². The minimum absolute atomic E-state index is 0.0660. The van der Waals surface area contributed by atoms with Crippen LogP contribution in [0.2, 0.25) is 0 Å². The predicted octanol–water partition coefficient (Wildman–Crippen LogP) is 4.85. The van der Waals surface area contributed by atoms with E-state index < -0.39 is 0 Å². The van der Waals surface area contributed by atoms with E-state index in [9.17, 15) is 9.90 Å². The molecule has 2 aromatic carbocycles. The van der Waals surface area contributed by atoms with Crippen molar-refractivity contribution in [3.63, 3.8) is 0 Å². The van der Waals surface area contributed by atoms with Gasteiger partial charge in [0.15, 0.2) is 5.09 Å². The third kappa shape index (κ3) is 3.21. The van der Waals surface area contributed by atoms with Crippen LogP contribution in [0.5, 0.6) is 5.75 Å². The summed E-state index contributed by atoms with van der Waals surface area (Å²) in [7, 11) is 0. The maximum Gasteiger partial charge on any atom is 0.201 e. The van der Waals surface area contributed by atoms with E-state index in [1.54, 1.807) is 18.5 Å². The molecule has 0 bridgehead atoms. The van der Waals surface area contributed by atoms with E-state index >= 15 is 0 Å². The largest absolute Gasteiger partial charge is 0.508 e. The van der Waals surface area contributed by atoms with Crippen LogP contribution in [0.3, 0.4) is 0 Å². The van der Waals surface area contributed by atoms with E-state index in [1.807, 2.05) is 42.5 Å². The van der Waals surface area contributed by atoms with Gasteiger partial charge >= 0.3 is 0 Å². The summed E-state index contributed by atoms with van der Waals surface area (Å²) in [6, 6.07) is 17.9. The Hall–Kier alpha value is -3.05. The number of benzene rings is 2. The van der Waals surface area contributed by atoms with Gasteiger partial charge in [-0.1, -0.05) is 48.2 Å². The van der Waals surface area contributed by atoms with E-state index in [2.05, 4.69) is 4.98 Å². The number of pyridine rings is 1. The Bertz CT molecular complexity index is 1110. The molecule has 0 amide bonds. The molecule has 0 aliphatic carbocycles. The van der Waals surface area contributed by atoms with Crippen molar-refractivity contribution in [1.82, 2.24) is 4.98 Å². The molecule has 5 heteroatoms. The van der Waals surface area contributed by atoms with E-state index in [4.69, 9.17) is 4.42 Å². The van der Waals surface area contributed by atoms with Crippen molar-refractivity contribution in [1.29, 1.82) is 0 Å². The molecule has 0 saturated heterocycles. The standard InChI is InChI=1S/C21H15NO3S/c23-16-8-9-17-18(11-16)25-21(26-13-14-5-4-10-22-12-14)19(20(17)24)15-6-2-1-3-7-15/h1-12,23H,13H2. The molecule has 0 aliphatic rings. The zero-order valence-electron chi connectivity index (χ0n) is 13.8. The zero-order chi connectivity index (χ0) is 17.9. The second-order valence-corrected chi connectivity index (χ2v) is 6.74. The summed E-state index contributed by atoms with van der Waals surface area (Å²) in [6.45, 7) is 0. The van der Waals surface area contributed by atoms with E-state index in [0.717, 1.165) is 11.1 Å². The third-order valence-electron chi connectivity index (χ3n) is 4.00. The Morgan fingerprint density at radius 1 is 1.04 bits per heavy atom. The van der Waals surface area contributed by atoms with Gasteiger partial charge in [-0.05, 0) is 29.3 Å².